The van der Waals surface area contributed by atoms with Crippen LogP contribution in [0.4, 0.5) is 11.4 Å². The molecule has 4 nitrogen and oxygen atoms in total. The molecule has 116 valence electrons. The van der Waals surface area contributed by atoms with Crippen molar-refractivity contribution in [3.8, 4) is 6.07 Å². The zero-order valence-corrected chi connectivity index (χ0v) is 13.6. The maximum absolute atomic E-state index is 12.1. The molecule has 0 spiro atoms. The second-order valence-corrected chi connectivity index (χ2v) is 5.46. The quantitative estimate of drug-likeness (QED) is 0.646. The van der Waals surface area contributed by atoms with Crippen molar-refractivity contribution in [1.82, 2.24) is 0 Å². The van der Waals surface area contributed by atoms with E-state index in [4.69, 9.17) is 11.6 Å². The van der Waals surface area contributed by atoms with Gasteiger partial charge in [0.25, 0.3) is 5.91 Å². The van der Waals surface area contributed by atoms with Crippen molar-refractivity contribution >= 4 is 28.9 Å². The number of hydrogen-bond acceptors (Lipinski definition) is 3. The van der Waals surface area contributed by atoms with Crippen LogP contribution in [0, 0.1) is 25.2 Å². The molecule has 0 aromatic heterocycles. The molecular formula is C18H16ClN3O. The molecule has 23 heavy (non-hydrogen) atoms. The van der Waals surface area contributed by atoms with Gasteiger partial charge in [-0.25, -0.2) is 0 Å². The third kappa shape index (κ3) is 4.35. The van der Waals surface area contributed by atoms with Gasteiger partial charge in [0.05, 0.1) is 0 Å². The van der Waals surface area contributed by atoms with E-state index in [9.17, 15) is 10.1 Å². The Labute approximate surface area is 140 Å². The molecule has 2 N–H and O–H groups in total. The summed E-state index contributed by atoms with van der Waals surface area (Å²) < 4.78 is 0. The van der Waals surface area contributed by atoms with Crippen LogP contribution in [0.3, 0.4) is 0 Å². The fourth-order valence-corrected chi connectivity index (χ4v) is 2.16. The molecule has 0 saturated heterocycles. The molecule has 0 saturated carbocycles. The Morgan fingerprint density at radius 3 is 2.65 bits per heavy atom. The molecule has 2 aromatic rings. The van der Waals surface area contributed by atoms with Gasteiger partial charge in [0.15, 0.2) is 0 Å². The number of aryl methyl sites for hydroxylation is 1. The highest BCUT2D eigenvalue weighted by Gasteiger charge is 2.10. The van der Waals surface area contributed by atoms with E-state index < -0.39 is 5.91 Å². The Kier molecular flexibility index (Phi) is 5.40. The van der Waals surface area contributed by atoms with Crippen LogP contribution in [0.15, 0.2) is 54.2 Å². The zero-order chi connectivity index (χ0) is 16.8. The summed E-state index contributed by atoms with van der Waals surface area (Å²) in [5.74, 6) is -0.493. The van der Waals surface area contributed by atoms with Crippen LogP contribution in [0.5, 0.6) is 0 Å². The SMILES string of the molecule is Cc1cccc(N/C=C(/C#N)C(=O)Nc2cccc(Cl)c2)c1C. The summed E-state index contributed by atoms with van der Waals surface area (Å²) in [4.78, 5) is 12.1. The first-order chi connectivity index (χ1) is 11.0. The van der Waals surface area contributed by atoms with Gasteiger partial charge in [-0.2, -0.15) is 5.26 Å². The minimum Gasteiger partial charge on any atom is -0.360 e. The molecule has 0 bridgehead atoms. The fourth-order valence-electron chi connectivity index (χ4n) is 1.97. The van der Waals surface area contributed by atoms with Gasteiger partial charge in [-0.15, -0.1) is 0 Å². The standard InChI is InChI=1S/C18H16ClN3O/c1-12-5-3-8-17(13(12)2)21-11-14(10-20)18(23)22-16-7-4-6-15(19)9-16/h3-9,11,21H,1-2H3,(H,22,23)/b14-11-. The minimum absolute atomic E-state index is 0.0223. The van der Waals surface area contributed by atoms with Crippen LogP contribution >= 0.6 is 11.6 Å². The lowest BCUT2D eigenvalue weighted by molar-refractivity contribution is -0.112. The summed E-state index contributed by atoms with van der Waals surface area (Å²) in [5, 5.41) is 15.4. The van der Waals surface area contributed by atoms with Crippen LogP contribution in [0.2, 0.25) is 5.02 Å². The van der Waals surface area contributed by atoms with Crippen molar-refractivity contribution < 1.29 is 4.79 Å². The summed E-state index contributed by atoms with van der Waals surface area (Å²) in [6.07, 6.45) is 1.40. The molecule has 0 atom stereocenters. The maximum atomic E-state index is 12.1. The van der Waals surface area contributed by atoms with Crippen molar-refractivity contribution in [2.24, 2.45) is 0 Å². The molecule has 0 aliphatic heterocycles. The summed E-state index contributed by atoms with van der Waals surface area (Å²) in [5.41, 5.74) is 3.57. The van der Waals surface area contributed by atoms with Gasteiger partial charge in [0.2, 0.25) is 0 Å². The number of carbonyl (C=O) groups excluding carboxylic acids is 1. The Bertz CT molecular complexity index is 806. The molecule has 0 aliphatic carbocycles. The maximum Gasteiger partial charge on any atom is 0.267 e. The van der Waals surface area contributed by atoms with E-state index in [-0.39, 0.29) is 5.57 Å². The van der Waals surface area contributed by atoms with E-state index in [0.29, 0.717) is 10.7 Å². The van der Waals surface area contributed by atoms with E-state index in [1.165, 1.54) is 6.20 Å². The largest absolute Gasteiger partial charge is 0.360 e. The monoisotopic (exact) mass is 325 g/mol. The zero-order valence-electron chi connectivity index (χ0n) is 12.9. The molecule has 0 fully saturated rings. The Hall–Kier alpha value is -2.77. The number of halogens is 1. The van der Waals surface area contributed by atoms with Crippen molar-refractivity contribution in [2.75, 3.05) is 10.6 Å². The fraction of sp³-hybridized carbons (Fsp3) is 0.111. The first-order valence-corrected chi connectivity index (χ1v) is 7.39. The molecule has 0 heterocycles. The summed E-state index contributed by atoms with van der Waals surface area (Å²) >= 11 is 5.87. The molecule has 0 unspecified atom stereocenters. The third-order valence-corrected chi connectivity index (χ3v) is 3.66. The van der Waals surface area contributed by atoms with Gasteiger partial charge in [0.1, 0.15) is 11.6 Å². The highest BCUT2D eigenvalue weighted by Crippen LogP contribution is 2.19. The van der Waals surface area contributed by atoms with Gasteiger partial charge >= 0.3 is 0 Å². The minimum atomic E-state index is -0.493. The molecule has 2 aromatic carbocycles. The molecule has 5 heteroatoms. The number of nitrogens with zero attached hydrogens (tertiary/aromatic N) is 1. The topological polar surface area (TPSA) is 64.9 Å². The van der Waals surface area contributed by atoms with E-state index in [1.807, 2.05) is 38.1 Å². The van der Waals surface area contributed by atoms with Crippen molar-refractivity contribution in [1.29, 1.82) is 5.26 Å². The van der Waals surface area contributed by atoms with Crippen LogP contribution in [0.1, 0.15) is 11.1 Å². The Morgan fingerprint density at radius 2 is 1.96 bits per heavy atom. The summed E-state index contributed by atoms with van der Waals surface area (Å²) in [6.45, 7) is 3.98. The summed E-state index contributed by atoms with van der Waals surface area (Å²) in [7, 11) is 0. The highest BCUT2D eigenvalue weighted by atomic mass is 35.5. The van der Waals surface area contributed by atoms with E-state index >= 15 is 0 Å². The molecule has 0 radical (unpaired) electrons. The average molecular weight is 326 g/mol. The van der Waals surface area contributed by atoms with Crippen LogP contribution < -0.4 is 10.6 Å². The lowest BCUT2D eigenvalue weighted by Crippen LogP contribution is -2.14. The lowest BCUT2D eigenvalue weighted by Gasteiger charge is -2.09. The van der Waals surface area contributed by atoms with Gasteiger partial charge in [-0.05, 0) is 49.2 Å². The number of hydrogen-bond donors (Lipinski definition) is 2. The number of nitriles is 1. The lowest BCUT2D eigenvalue weighted by atomic mass is 10.1. The van der Waals surface area contributed by atoms with Crippen molar-refractivity contribution in [2.45, 2.75) is 13.8 Å². The average Bonchev–Trinajstić information content (AvgIpc) is 2.52. The molecular weight excluding hydrogens is 310 g/mol. The third-order valence-electron chi connectivity index (χ3n) is 3.42. The van der Waals surface area contributed by atoms with Crippen LogP contribution in [-0.2, 0) is 4.79 Å². The second-order valence-electron chi connectivity index (χ2n) is 5.03. The predicted octanol–water partition coefficient (Wildman–Crippen LogP) is 4.41. The van der Waals surface area contributed by atoms with Gasteiger partial charge < -0.3 is 10.6 Å². The smallest absolute Gasteiger partial charge is 0.267 e. The first-order valence-electron chi connectivity index (χ1n) is 7.01. The number of benzene rings is 2. The molecule has 2 rings (SSSR count). The number of nitrogens with one attached hydrogen (secondary N) is 2. The van der Waals surface area contributed by atoms with E-state index in [2.05, 4.69) is 10.6 Å². The number of carbonyl (C=O) groups is 1. The Balaban J connectivity index is 2.14. The summed E-state index contributed by atoms with van der Waals surface area (Å²) in [6, 6.07) is 14.5. The molecule has 0 aliphatic rings. The van der Waals surface area contributed by atoms with Crippen LogP contribution in [0.25, 0.3) is 0 Å². The molecule has 1 amide bonds. The Morgan fingerprint density at radius 1 is 1.22 bits per heavy atom. The normalized spacial score (nSPS) is 10.8. The van der Waals surface area contributed by atoms with Crippen LogP contribution in [-0.4, -0.2) is 5.91 Å². The number of amides is 1. The second kappa shape index (κ2) is 7.48. The van der Waals surface area contributed by atoms with Gasteiger partial charge in [-0.1, -0.05) is 29.8 Å². The van der Waals surface area contributed by atoms with Gasteiger partial charge in [0, 0.05) is 22.6 Å². The van der Waals surface area contributed by atoms with E-state index in [0.717, 1.165) is 16.8 Å². The van der Waals surface area contributed by atoms with Crippen molar-refractivity contribution in [3.63, 3.8) is 0 Å². The highest BCUT2D eigenvalue weighted by molar-refractivity contribution is 6.31. The number of rotatable bonds is 4. The van der Waals surface area contributed by atoms with E-state index in [1.54, 1.807) is 24.3 Å². The van der Waals surface area contributed by atoms with Crippen molar-refractivity contribution in [3.05, 3.63) is 70.4 Å². The first kappa shape index (κ1) is 16.6. The van der Waals surface area contributed by atoms with Gasteiger partial charge in [-0.3, -0.25) is 4.79 Å². The number of anilines is 2. The predicted molar refractivity (Wildman–Crippen MR) is 93.3 cm³/mol.